The fraction of sp³-hybridized carbons (Fsp3) is 0.188. The van der Waals surface area contributed by atoms with E-state index in [2.05, 4.69) is 59.7 Å². The summed E-state index contributed by atoms with van der Waals surface area (Å²) in [6, 6.07) is 17.0. The molecule has 1 N–H and O–H groups in total. The summed E-state index contributed by atoms with van der Waals surface area (Å²) in [4.78, 5) is 5.89. The van der Waals surface area contributed by atoms with E-state index in [0.717, 1.165) is 22.9 Å². The van der Waals surface area contributed by atoms with Gasteiger partial charge in [-0.2, -0.15) is 0 Å². The topological polar surface area (TPSA) is 24.9 Å². The Morgan fingerprint density at radius 3 is 2.65 bits per heavy atom. The number of fused-ring (bicyclic) bond motifs is 1. The molecule has 3 rings (SSSR count). The summed E-state index contributed by atoms with van der Waals surface area (Å²) in [6.07, 6.45) is 0. The zero-order valence-electron chi connectivity index (χ0n) is 11.3. The quantitative estimate of drug-likeness (QED) is 0.748. The molecule has 1 heterocycles. The second kappa shape index (κ2) is 6.39. The first-order chi connectivity index (χ1) is 9.85. The van der Waals surface area contributed by atoms with E-state index in [-0.39, 0.29) is 0 Å². The van der Waals surface area contributed by atoms with Gasteiger partial charge in [0, 0.05) is 11.4 Å². The predicted molar refractivity (Wildman–Crippen MR) is 87.6 cm³/mol. The Balaban J connectivity index is 1.73. The molecule has 0 atom stereocenters. The highest BCUT2D eigenvalue weighted by molar-refractivity contribution is 8.01. The van der Waals surface area contributed by atoms with Gasteiger partial charge in [0.2, 0.25) is 0 Å². The molecule has 102 valence electrons. The van der Waals surface area contributed by atoms with Crippen LogP contribution in [0.25, 0.3) is 10.2 Å². The van der Waals surface area contributed by atoms with Crippen LogP contribution in [0.5, 0.6) is 0 Å². The summed E-state index contributed by atoms with van der Waals surface area (Å²) >= 11 is 3.48. The van der Waals surface area contributed by atoms with Crippen LogP contribution in [0.1, 0.15) is 12.5 Å². The molecule has 0 radical (unpaired) electrons. The summed E-state index contributed by atoms with van der Waals surface area (Å²) in [7, 11) is 0. The maximum Gasteiger partial charge on any atom is 0.155 e. The van der Waals surface area contributed by atoms with E-state index in [4.69, 9.17) is 0 Å². The summed E-state index contributed by atoms with van der Waals surface area (Å²) in [5.74, 6) is 0. The Morgan fingerprint density at radius 1 is 1.10 bits per heavy atom. The van der Waals surface area contributed by atoms with Crippen molar-refractivity contribution < 1.29 is 0 Å². The van der Waals surface area contributed by atoms with Gasteiger partial charge in [-0.3, -0.25) is 0 Å². The fourth-order valence-corrected chi connectivity index (χ4v) is 3.98. The van der Waals surface area contributed by atoms with Crippen LogP contribution in [-0.4, -0.2) is 11.5 Å². The third-order valence-corrected chi connectivity index (χ3v) is 5.09. The normalized spacial score (nSPS) is 11.1. The van der Waals surface area contributed by atoms with Crippen molar-refractivity contribution in [2.75, 3.05) is 6.54 Å². The van der Waals surface area contributed by atoms with Crippen LogP contribution >= 0.6 is 23.1 Å². The molecule has 20 heavy (non-hydrogen) atoms. The molecule has 0 spiro atoms. The van der Waals surface area contributed by atoms with Crippen LogP contribution < -0.4 is 5.32 Å². The maximum atomic E-state index is 4.65. The van der Waals surface area contributed by atoms with Gasteiger partial charge in [0.15, 0.2) is 4.34 Å². The number of hydrogen-bond donors (Lipinski definition) is 1. The lowest BCUT2D eigenvalue weighted by molar-refractivity contribution is 0.726. The van der Waals surface area contributed by atoms with Gasteiger partial charge in [0.05, 0.1) is 10.2 Å². The molecule has 0 saturated heterocycles. The Kier molecular flexibility index (Phi) is 4.35. The van der Waals surface area contributed by atoms with Crippen molar-refractivity contribution in [3.05, 3.63) is 54.1 Å². The molecule has 1 aromatic heterocycles. The smallest absolute Gasteiger partial charge is 0.155 e. The van der Waals surface area contributed by atoms with Gasteiger partial charge in [-0.1, -0.05) is 43.0 Å². The highest BCUT2D eigenvalue weighted by Crippen LogP contribution is 2.34. The number of thiazole rings is 1. The van der Waals surface area contributed by atoms with Gasteiger partial charge < -0.3 is 5.32 Å². The van der Waals surface area contributed by atoms with Crippen molar-refractivity contribution in [2.45, 2.75) is 22.7 Å². The molecule has 0 aliphatic heterocycles. The van der Waals surface area contributed by atoms with Crippen LogP contribution in [0.2, 0.25) is 0 Å². The van der Waals surface area contributed by atoms with Crippen molar-refractivity contribution >= 4 is 33.3 Å². The zero-order valence-corrected chi connectivity index (χ0v) is 12.9. The van der Waals surface area contributed by atoms with E-state index in [0.29, 0.717) is 0 Å². The molecule has 0 amide bonds. The number of rotatable bonds is 5. The molecule has 4 heteroatoms. The molecule has 0 saturated carbocycles. The van der Waals surface area contributed by atoms with Crippen molar-refractivity contribution in [3.8, 4) is 0 Å². The summed E-state index contributed by atoms with van der Waals surface area (Å²) in [6.45, 7) is 4.06. The molecular weight excluding hydrogens is 284 g/mol. The lowest BCUT2D eigenvalue weighted by atomic mass is 10.2. The van der Waals surface area contributed by atoms with Gasteiger partial charge in [-0.15, -0.1) is 11.3 Å². The van der Waals surface area contributed by atoms with E-state index in [9.17, 15) is 0 Å². The molecule has 0 unspecified atom stereocenters. The number of benzene rings is 2. The number of aromatic nitrogens is 1. The van der Waals surface area contributed by atoms with Crippen molar-refractivity contribution in [1.29, 1.82) is 0 Å². The van der Waals surface area contributed by atoms with Gasteiger partial charge in [-0.25, -0.2) is 4.98 Å². The highest BCUT2D eigenvalue weighted by Gasteiger charge is 2.05. The molecule has 3 aromatic rings. The van der Waals surface area contributed by atoms with Crippen molar-refractivity contribution in [3.63, 3.8) is 0 Å². The van der Waals surface area contributed by atoms with Crippen molar-refractivity contribution in [1.82, 2.24) is 10.3 Å². The van der Waals surface area contributed by atoms with Crippen molar-refractivity contribution in [2.24, 2.45) is 0 Å². The minimum absolute atomic E-state index is 0.933. The molecule has 2 nitrogen and oxygen atoms in total. The fourth-order valence-electron chi connectivity index (χ4n) is 1.94. The molecule has 0 fully saturated rings. The molecule has 0 aliphatic carbocycles. The van der Waals surface area contributed by atoms with E-state index in [1.54, 1.807) is 23.1 Å². The van der Waals surface area contributed by atoms with Crippen LogP contribution in [-0.2, 0) is 6.54 Å². The third kappa shape index (κ3) is 3.20. The Morgan fingerprint density at radius 2 is 1.90 bits per heavy atom. The standard InChI is InChI=1S/C16H16N2S2/c1-2-17-11-12-7-9-13(10-8-12)19-16-18-14-5-3-4-6-15(14)20-16/h3-10,17H,2,11H2,1H3. The third-order valence-electron chi connectivity index (χ3n) is 2.98. The number of hydrogen-bond acceptors (Lipinski definition) is 4. The van der Waals surface area contributed by atoms with E-state index >= 15 is 0 Å². The van der Waals surface area contributed by atoms with Crippen LogP contribution in [0, 0.1) is 0 Å². The van der Waals surface area contributed by atoms with E-state index in [1.165, 1.54) is 15.2 Å². The zero-order chi connectivity index (χ0) is 13.8. The highest BCUT2D eigenvalue weighted by atomic mass is 32.2. The van der Waals surface area contributed by atoms with Gasteiger partial charge in [0.25, 0.3) is 0 Å². The summed E-state index contributed by atoms with van der Waals surface area (Å²) in [5, 5.41) is 3.33. The van der Waals surface area contributed by atoms with E-state index < -0.39 is 0 Å². The van der Waals surface area contributed by atoms with Crippen LogP contribution in [0.15, 0.2) is 57.8 Å². The average molecular weight is 300 g/mol. The minimum atomic E-state index is 0.933. The van der Waals surface area contributed by atoms with Crippen LogP contribution in [0.3, 0.4) is 0 Å². The molecule has 0 bridgehead atoms. The molecule has 0 aliphatic rings. The minimum Gasteiger partial charge on any atom is -0.313 e. The van der Waals surface area contributed by atoms with Crippen LogP contribution in [0.4, 0.5) is 0 Å². The molecular formula is C16H16N2S2. The number of para-hydroxylation sites is 1. The monoisotopic (exact) mass is 300 g/mol. The second-order valence-electron chi connectivity index (χ2n) is 4.47. The summed E-state index contributed by atoms with van der Waals surface area (Å²) in [5.41, 5.74) is 2.41. The number of nitrogens with one attached hydrogen (secondary N) is 1. The average Bonchev–Trinajstić information content (AvgIpc) is 2.89. The first kappa shape index (κ1) is 13.6. The SMILES string of the molecule is CCNCc1ccc(Sc2nc3ccccc3s2)cc1. The van der Waals surface area contributed by atoms with E-state index in [1.807, 2.05) is 6.07 Å². The second-order valence-corrected chi connectivity index (χ2v) is 6.83. The molecule has 2 aromatic carbocycles. The lowest BCUT2D eigenvalue weighted by Gasteiger charge is -2.03. The summed E-state index contributed by atoms with van der Waals surface area (Å²) < 4.78 is 2.35. The first-order valence-corrected chi connectivity index (χ1v) is 8.31. The Bertz CT molecular complexity index is 656. The van der Waals surface area contributed by atoms with Gasteiger partial charge in [0.1, 0.15) is 0 Å². The van der Waals surface area contributed by atoms with Gasteiger partial charge >= 0.3 is 0 Å². The first-order valence-electron chi connectivity index (χ1n) is 6.68. The number of nitrogens with zero attached hydrogens (tertiary/aromatic N) is 1. The van der Waals surface area contributed by atoms with Gasteiger partial charge in [-0.05, 0) is 36.4 Å². The maximum absolute atomic E-state index is 4.65. The largest absolute Gasteiger partial charge is 0.313 e. The Labute approximate surface area is 127 Å². The Hall–Kier alpha value is -1.36. The lowest BCUT2D eigenvalue weighted by Crippen LogP contribution is -2.11. The predicted octanol–water partition coefficient (Wildman–Crippen LogP) is 4.56.